The fraction of sp³-hybridized carbons (Fsp3) is 0.0952. The van der Waals surface area contributed by atoms with Gasteiger partial charge in [0.25, 0.3) is 15.9 Å². The average molecular weight is 510 g/mol. The van der Waals surface area contributed by atoms with Gasteiger partial charge in [-0.3, -0.25) is 9.52 Å². The third-order valence-corrected chi connectivity index (χ3v) is 6.94. The lowest BCUT2D eigenvalue weighted by Gasteiger charge is -2.12. The van der Waals surface area contributed by atoms with Crippen molar-refractivity contribution in [3.8, 4) is 5.75 Å². The third kappa shape index (κ3) is 6.93. The molecule has 0 spiro atoms. The van der Waals surface area contributed by atoms with Crippen LogP contribution in [0.25, 0.3) is 0 Å². The van der Waals surface area contributed by atoms with Gasteiger partial charge in [-0.25, -0.2) is 22.0 Å². The zero-order valence-electron chi connectivity index (χ0n) is 17.1. The topological polar surface area (TPSA) is 145 Å². The Morgan fingerprint density at radius 3 is 2.15 bits per heavy atom. The van der Waals surface area contributed by atoms with Crippen LogP contribution in [0.1, 0.15) is 5.56 Å². The summed E-state index contributed by atoms with van der Waals surface area (Å²) in [4.78, 5) is 12.0. The second kappa shape index (κ2) is 10.2. The number of carbonyl (C=O) groups is 1. The van der Waals surface area contributed by atoms with E-state index in [2.05, 4.69) is 10.0 Å². The standard InChI is InChI=1S/C21H20ClN3O6S2/c22-19-12-18(33(29,30)25-16-4-2-1-3-5-16)10-11-20(19)31-14-21(26)24-13-15-6-8-17(9-7-15)32(23,27)28/h1-12,25H,13-14H2,(H,24,26)(H2,23,27,28). The Kier molecular flexibility index (Phi) is 7.59. The molecule has 0 aliphatic heterocycles. The van der Waals surface area contributed by atoms with E-state index >= 15 is 0 Å². The van der Waals surface area contributed by atoms with Gasteiger partial charge in [0, 0.05) is 12.2 Å². The number of amides is 1. The fourth-order valence-electron chi connectivity index (χ4n) is 2.68. The quantitative estimate of drug-likeness (QED) is 0.404. The van der Waals surface area contributed by atoms with E-state index in [1.165, 1.54) is 42.5 Å². The van der Waals surface area contributed by atoms with Crippen LogP contribution in [-0.2, 0) is 31.4 Å². The number of halogens is 1. The number of hydrogen-bond donors (Lipinski definition) is 3. The number of primary sulfonamides is 1. The molecule has 0 saturated heterocycles. The van der Waals surface area contributed by atoms with Gasteiger partial charge in [-0.15, -0.1) is 0 Å². The first kappa shape index (κ1) is 24.5. The fourth-order valence-corrected chi connectivity index (χ4v) is 4.58. The monoisotopic (exact) mass is 509 g/mol. The van der Waals surface area contributed by atoms with E-state index in [4.69, 9.17) is 21.5 Å². The minimum absolute atomic E-state index is 0.0253. The van der Waals surface area contributed by atoms with Crippen molar-refractivity contribution >= 4 is 43.2 Å². The highest BCUT2D eigenvalue weighted by Crippen LogP contribution is 2.28. The lowest BCUT2D eigenvalue weighted by atomic mass is 10.2. The average Bonchev–Trinajstić information content (AvgIpc) is 2.77. The lowest BCUT2D eigenvalue weighted by molar-refractivity contribution is -0.123. The van der Waals surface area contributed by atoms with Gasteiger partial charge in [-0.1, -0.05) is 41.9 Å². The van der Waals surface area contributed by atoms with Gasteiger partial charge in [0.2, 0.25) is 10.0 Å². The number of para-hydroxylation sites is 1. The molecule has 1 amide bonds. The normalized spacial score (nSPS) is 11.6. The second-order valence-electron chi connectivity index (χ2n) is 6.82. The van der Waals surface area contributed by atoms with Crippen molar-refractivity contribution in [2.24, 2.45) is 5.14 Å². The Bertz CT molecular complexity index is 1350. The summed E-state index contributed by atoms with van der Waals surface area (Å²) in [7, 11) is -7.63. The molecule has 0 fully saturated rings. The molecule has 3 rings (SSSR count). The highest BCUT2D eigenvalue weighted by Gasteiger charge is 2.17. The van der Waals surface area contributed by atoms with Crippen LogP contribution in [0.3, 0.4) is 0 Å². The Morgan fingerprint density at radius 1 is 0.909 bits per heavy atom. The highest BCUT2D eigenvalue weighted by molar-refractivity contribution is 7.92. The van der Waals surface area contributed by atoms with Gasteiger partial charge in [-0.2, -0.15) is 0 Å². The highest BCUT2D eigenvalue weighted by atomic mass is 35.5. The molecule has 0 bridgehead atoms. The van der Waals surface area contributed by atoms with Crippen LogP contribution < -0.4 is 19.9 Å². The molecule has 0 atom stereocenters. The maximum Gasteiger partial charge on any atom is 0.261 e. The zero-order chi connectivity index (χ0) is 24.1. The molecule has 0 radical (unpaired) electrons. The predicted molar refractivity (Wildman–Crippen MR) is 124 cm³/mol. The molecule has 0 aliphatic rings. The molecular formula is C21H20ClN3O6S2. The number of ether oxygens (including phenoxy) is 1. The predicted octanol–water partition coefficient (Wildman–Crippen LogP) is 2.48. The summed E-state index contributed by atoms with van der Waals surface area (Å²) in [6.07, 6.45) is 0. The summed E-state index contributed by atoms with van der Waals surface area (Å²) in [5.41, 5.74) is 1.07. The van der Waals surface area contributed by atoms with Gasteiger partial charge in [0.05, 0.1) is 14.8 Å². The van der Waals surface area contributed by atoms with Crippen molar-refractivity contribution in [3.63, 3.8) is 0 Å². The molecule has 0 unspecified atom stereocenters. The molecule has 12 heteroatoms. The van der Waals surface area contributed by atoms with E-state index in [0.29, 0.717) is 11.3 Å². The van der Waals surface area contributed by atoms with Crippen molar-refractivity contribution < 1.29 is 26.4 Å². The van der Waals surface area contributed by atoms with E-state index in [-0.39, 0.29) is 33.7 Å². The molecule has 4 N–H and O–H groups in total. The van der Waals surface area contributed by atoms with E-state index in [0.717, 1.165) is 0 Å². The summed E-state index contributed by atoms with van der Waals surface area (Å²) in [6, 6.07) is 18.0. The number of rotatable bonds is 9. The molecule has 174 valence electrons. The Balaban J connectivity index is 1.55. The van der Waals surface area contributed by atoms with E-state index < -0.39 is 26.0 Å². The molecular weight excluding hydrogens is 490 g/mol. The van der Waals surface area contributed by atoms with Gasteiger partial charge < -0.3 is 10.1 Å². The van der Waals surface area contributed by atoms with Crippen LogP contribution in [-0.4, -0.2) is 29.3 Å². The van der Waals surface area contributed by atoms with Gasteiger partial charge in [0.1, 0.15) is 5.75 Å². The molecule has 0 aromatic heterocycles. The summed E-state index contributed by atoms with van der Waals surface area (Å²) in [5, 5.41) is 7.68. The number of nitrogens with two attached hydrogens (primary N) is 1. The number of hydrogen-bond acceptors (Lipinski definition) is 6. The van der Waals surface area contributed by atoms with Crippen LogP contribution in [0.4, 0.5) is 5.69 Å². The third-order valence-electron chi connectivity index (χ3n) is 4.34. The number of sulfonamides is 2. The Labute approximate surface area is 196 Å². The number of benzene rings is 3. The van der Waals surface area contributed by atoms with Crippen molar-refractivity contribution in [3.05, 3.63) is 83.4 Å². The first-order valence-corrected chi connectivity index (χ1v) is 12.8. The van der Waals surface area contributed by atoms with E-state index in [9.17, 15) is 21.6 Å². The number of carbonyl (C=O) groups excluding carboxylic acids is 1. The van der Waals surface area contributed by atoms with Crippen molar-refractivity contribution in [1.82, 2.24) is 5.32 Å². The molecule has 0 aliphatic carbocycles. The summed E-state index contributed by atoms with van der Waals surface area (Å²) < 4.78 is 55.4. The Hall–Kier alpha value is -3.12. The Morgan fingerprint density at radius 2 is 1.55 bits per heavy atom. The molecule has 3 aromatic carbocycles. The summed E-state index contributed by atoms with van der Waals surface area (Å²) in [6.45, 7) is -0.216. The maximum atomic E-state index is 12.5. The summed E-state index contributed by atoms with van der Waals surface area (Å²) >= 11 is 6.14. The second-order valence-corrected chi connectivity index (χ2v) is 10.5. The molecule has 33 heavy (non-hydrogen) atoms. The first-order chi connectivity index (χ1) is 15.5. The molecule has 3 aromatic rings. The van der Waals surface area contributed by atoms with Crippen LogP contribution in [0.5, 0.6) is 5.75 Å². The lowest BCUT2D eigenvalue weighted by Crippen LogP contribution is -2.28. The smallest absolute Gasteiger partial charge is 0.261 e. The number of anilines is 1. The van der Waals surface area contributed by atoms with Gasteiger partial charge in [0.15, 0.2) is 6.61 Å². The van der Waals surface area contributed by atoms with Crippen LogP contribution >= 0.6 is 11.6 Å². The van der Waals surface area contributed by atoms with Crippen molar-refractivity contribution in [2.75, 3.05) is 11.3 Å². The zero-order valence-corrected chi connectivity index (χ0v) is 19.5. The summed E-state index contributed by atoms with van der Waals surface area (Å²) in [5.74, 6) is -0.313. The maximum absolute atomic E-state index is 12.5. The minimum atomic E-state index is -3.85. The largest absolute Gasteiger partial charge is 0.482 e. The van der Waals surface area contributed by atoms with E-state index in [1.807, 2.05) is 0 Å². The van der Waals surface area contributed by atoms with Gasteiger partial charge >= 0.3 is 0 Å². The molecule has 0 saturated carbocycles. The molecule has 0 heterocycles. The van der Waals surface area contributed by atoms with Gasteiger partial charge in [-0.05, 0) is 48.0 Å². The number of nitrogens with one attached hydrogen (secondary N) is 2. The van der Waals surface area contributed by atoms with Crippen LogP contribution in [0.15, 0.2) is 82.6 Å². The SMILES string of the molecule is NS(=O)(=O)c1ccc(CNC(=O)COc2ccc(S(=O)(=O)Nc3ccccc3)cc2Cl)cc1. The minimum Gasteiger partial charge on any atom is -0.482 e. The van der Waals surface area contributed by atoms with Crippen molar-refractivity contribution in [2.45, 2.75) is 16.3 Å². The molecule has 9 nitrogen and oxygen atoms in total. The first-order valence-electron chi connectivity index (χ1n) is 9.43. The van der Waals surface area contributed by atoms with Crippen LogP contribution in [0.2, 0.25) is 5.02 Å². The van der Waals surface area contributed by atoms with E-state index in [1.54, 1.807) is 30.3 Å². The van der Waals surface area contributed by atoms with Crippen LogP contribution in [0, 0.1) is 0 Å². The van der Waals surface area contributed by atoms with Crippen molar-refractivity contribution in [1.29, 1.82) is 0 Å².